The average molecular weight is 567 g/mol. The summed E-state index contributed by atoms with van der Waals surface area (Å²) in [5.41, 5.74) is -5.29. The van der Waals surface area contributed by atoms with E-state index in [0.29, 0.717) is 16.8 Å². The Morgan fingerprint density at radius 2 is 1.97 bits per heavy atom. The number of carbonyl (C=O) groups is 1. The lowest BCUT2D eigenvalue weighted by Gasteiger charge is -2.32. The first-order chi connectivity index (χ1) is 13.6. The molecule has 0 aliphatic carbocycles. The van der Waals surface area contributed by atoms with E-state index in [1.807, 2.05) is 6.92 Å². The van der Waals surface area contributed by atoms with Gasteiger partial charge in [0.2, 0.25) is 0 Å². The zero-order valence-corrected chi connectivity index (χ0v) is 19.4. The van der Waals surface area contributed by atoms with Crippen LogP contribution in [-0.2, 0) is 10.0 Å². The molecule has 1 fully saturated rings. The molecule has 14 heteroatoms. The number of nitrogens with one attached hydrogen (secondary N) is 3. The number of hydrogen-bond donors (Lipinski definition) is 3. The van der Waals surface area contributed by atoms with Crippen molar-refractivity contribution in [1.82, 2.24) is 20.3 Å². The van der Waals surface area contributed by atoms with E-state index < -0.39 is 15.5 Å². The van der Waals surface area contributed by atoms with Gasteiger partial charge >= 0.3 is 15.5 Å². The van der Waals surface area contributed by atoms with Crippen LogP contribution in [-0.4, -0.2) is 68.9 Å². The molecule has 1 aliphatic heterocycles. The molecule has 2 heterocycles. The molecule has 0 unspecified atom stereocenters. The van der Waals surface area contributed by atoms with Crippen LogP contribution in [0.2, 0.25) is 0 Å². The van der Waals surface area contributed by atoms with Crippen LogP contribution in [0.15, 0.2) is 27.8 Å². The van der Waals surface area contributed by atoms with Crippen molar-refractivity contribution in [3.63, 3.8) is 0 Å². The molecule has 1 saturated heterocycles. The number of nitrogens with zero attached hydrogens (tertiary/aromatic N) is 2. The number of piperidine rings is 1. The van der Waals surface area contributed by atoms with Crippen molar-refractivity contribution in [3.05, 3.63) is 24.2 Å². The second-order valence-corrected chi connectivity index (χ2v) is 8.19. The highest BCUT2D eigenvalue weighted by Crippen LogP contribution is 2.28. The molecule has 30 heavy (non-hydrogen) atoms. The van der Waals surface area contributed by atoms with E-state index in [-0.39, 0.29) is 80.7 Å². The highest BCUT2D eigenvalue weighted by atomic mass is 127. The van der Waals surface area contributed by atoms with E-state index in [9.17, 15) is 26.4 Å². The minimum Gasteiger partial charge on any atom is -0.459 e. The summed E-state index contributed by atoms with van der Waals surface area (Å²) in [6.07, 6.45) is 1.83. The molecule has 0 bridgehead atoms. The molecule has 1 aliphatic rings. The number of amides is 1. The van der Waals surface area contributed by atoms with Gasteiger partial charge in [0.05, 0.1) is 12.8 Å². The van der Waals surface area contributed by atoms with Gasteiger partial charge < -0.3 is 20.4 Å². The molecule has 1 amide bonds. The predicted octanol–water partition coefficient (Wildman–Crippen LogP) is 1.50. The van der Waals surface area contributed by atoms with Crippen LogP contribution in [0.25, 0.3) is 0 Å². The van der Waals surface area contributed by atoms with Crippen LogP contribution < -0.4 is 16.0 Å². The summed E-state index contributed by atoms with van der Waals surface area (Å²) in [6.45, 7) is 2.50. The van der Waals surface area contributed by atoms with E-state index in [1.54, 1.807) is 6.07 Å². The quantitative estimate of drug-likeness (QED) is 0.199. The molecular weight excluding hydrogens is 542 g/mol. The largest absolute Gasteiger partial charge is 0.511 e. The third kappa shape index (κ3) is 7.30. The Morgan fingerprint density at radius 1 is 1.30 bits per heavy atom. The smallest absolute Gasteiger partial charge is 0.459 e. The van der Waals surface area contributed by atoms with Gasteiger partial charge in [0.1, 0.15) is 0 Å². The lowest BCUT2D eigenvalue weighted by Crippen LogP contribution is -2.51. The summed E-state index contributed by atoms with van der Waals surface area (Å²) in [4.78, 5) is 16.1. The number of furan rings is 1. The van der Waals surface area contributed by atoms with Crippen molar-refractivity contribution in [2.24, 2.45) is 4.99 Å². The topological polar surface area (TPSA) is 116 Å². The van der Waals surface area contributed by atoms with Gasteiger partial charge in [0.25, 0.3) is 5.91 Å². The normalized spacial score (nSPS) is 16.6. The van der Waals surface area contributed by atoms with Crippen LogP contribution in [0.3, 0.4) is 0 Å². The summed E-state index contributed by atoms with van der Waals surface area (Å²) >= 11 is 0. The Bertz CT molecular complexity index is 794. The van der Waals surface area contributed by atoms with Gasteiger partial charge in [-0.3, -0.25) is 9.79 Å². The molecule has 1 aromatic rings. The summed E-state index contributed by atoms with van der Waals surface area (Å²) in [6, 6.07) is 2.92. The van der Waals surface area contributed by atoms with Crippen LogP contribution in [0.5, 0.6) is 0 Å². The lowest BCUT2D eigenvalue weighted by molar-refractivity contribution is -0.0494. The standard InChI is InChI=1S/C16H24F3N5O4S.HI/c1-2-20-15(22-8-7-21-14(25)13-4-3-11-28-13)23-12-5-9-24(10-6-12)29(26,27)16(17,18)19;/h3-4,11-12H,2,5-10H2,1H3,(H,21,25)(H2,20,22,23);1H. The van der Waals surface area contributed by atoms with Gasteiger partial charge in [-0.25, -0.2) is 8.42 Å². The second kappa shape index (κ2) is 11.7. The van der Waals surface area contributed by atoms with Gasteiger partial charge in [0.15, 0.2) is 11.7 Å². The fraction of sp³-hybridized carbons (Fsp3) is 0.625. The summed E-state index contributed by atoms with van der Waals surface area (Å²) in [7, 11) is -5.29. The monoisotopic (exact) mass is 567 g/mol. The SMILES string of the molecule is CCNC(=NCCNC(=O)c1ccco1)NC1CCN(S(=O)(=O)C(F)(F)F)CC1.I. The van der Waals surface area contributed by atoms with Crippen LogP contribution in [0, 0.1) is 0 Å². The number of sulfonamides is 1. The van der Waals surface area contributed by atoms with Crippen LogP contribution in [0.4, 0.5) is 13.2 Å². The van der Waals surface area contributed by atoms with Crippen molar-refractivity contribution in [2.75, 3.05) is 32.7 Å². The molecular formula is C16H25F3IN5O4S. The molecule has 0 radical (unpaired) electrons. The number of aliphatic imine (C=N–C) groups is 1. The van der Waals surface area contributed by atoms with Crippen LogP contribution in [0.1, 0.15) is 30.3 Å². The first-order valence-electron chi connectivity index (χ1n) is 9.08. The van der Waals surface area contributed by atoms with Crippen molar-refractivity contribution in [2.45, 2.75) is 31.3 Å². The van der Waals surface area contributed by atoms with E-state index in [0.717, 1.165) is 0 Å². The molecule has 0 atom stereocenters. The minimum atomic E-state index is -5.29. The Morgan fingerprint density at radius 3 is 2.50 bits per heavy atom. The molecule has 0 aromatic carbocycles. The Kier molecular flexibility index (Phi) is 10.4. The first-order valence-corrected chi connectivity index (χ1v) is 10.5. The zero-order valence-electron chi connectivity index (χ0n) is 16.2. The number of halogens is 4. The van der Waals surface area contributed by atoms with Crippen molar-refractivity contribution >= 4 is 45.9 Å². The van der Waals surface area contributed by atoms with Crippen molar-refractivity contribution in [3.8, 4) is 0 Å². The third-order valence-electron chi connectivity index (χ3n) is 4.18. The average Bonchev–Trinajstić information content (AvgIpc) is 3.19. The Hall–Kier alpha value is -1.55. The van der Waals surface area contributed by atoms with Gasteiger partial charge in [-0.15, -0.1) is 24.0 Å². The Labute approximate surface area is 189 Å². The maximum absolute atomic E-state index is 12.6. The van der Waals surface area contributed by atoms with Crippen molar-refractivity contribution < 1.29 is 30.8 Å². The zero-order chi connectivity index (χ0) is 21.5. The fourth-order valence-corrected chi connectivity index (χ4v) is 3.72. The Balaban J connectivity index is 0.00000450. The minimum absolute atomic E-state index is 0. The van der Waals surface area contributed by atoms with E-state index in [4.69, 9.17) is 4.42 Å². The number of rotatable bonds is 7. The summed E-state index contributed by atoms with van der Waals surface area (Å²) < 4.78 is 66.3. The van der Waals surface area contributed by atoms with E-state index in [1.165, 1.54) is 12.3 Å². The van der Waals surface area contributed by atoms with Gasteiger partial charge in [-0.05, 0) is 31.9 Å². The predicted molar refractivity (Wildman–Crippen MR) is 115 cm³/mol. The molecule has 1 aromatic heterocycles. The maximum Gasteiger partial charge on any atom is 0.511 e. The lowest BCUT2D eigenvalue weighted by atomic mass is 10.1. The first kappa shape index (κ1) is 26.5. The highest BCUT2D eigenvalue weighted by Gasteiger charge is 2.50. The van der Waals surface area contributed by atoms with Crippen molar-refractivity contribution in [1.29, 1.82) is 0 Å². The van der Waals surface area contributed by atoms with Gasteiger partial charge in [-0.1, -0.05) is 0 Å². The van der Waals surface area contributed by atoms with Gasteiger partial charge in [0, 0.05) is 32.2 Å². The molecule has 9 nitrogen and oxygen atoms in total. The second-order valence-electron chi connectivity index (χ2n) is 6.26. The molecule has 2 rings (SSSR count). The molecule has 172 valence electrons. The summed E-state index contributed by atoms with van der Waals surface area (Å²) in [5.74, 6) is 0.276. The molecule has 3 N–H and O–H groups in total. The molecule has 0 saturated carbocycles. The highest BCUT2D eigenvalue weighted by molar-refractivity contribution is 14.0. The number of alkyl halides is 3. The molecule has 0 spiro atoms. The van der Waals surface area contributed by atoms with E-state index >= 15 is 0 Å². The fourth-order valence-electron chi connectivity index (χ4n) is 2.73. The number of guanidine groups is 1. The maximum atomic E-state index is 12.6. The van der Waals surface area contributed by atoms with Crippen LogP contribution >= 0.6 is 24.0 Å². The summed E-state index contributed by atoms with van der Waals surface area (Å²) in [5, 5.41) is 8.74. The van der Waals surface area contributed by atoms with E-state index in [2.05, 4.69) is 20.9 Å². The number of carbonyl (C=O) groups excluding carboxylic acids is 1. The third-order valence-corrected chi connectivity index (χ3v) is 5.81. The van der Waals surface area contributed by atoms with Gasteiger partial charge in [-0.2, -0.15) is 17.5 Å². The number of hydrogen-bond acceptors (Lipinski definition) is 5.